The van der Waals surface area contributed by atoms with Crippen LogP contribution in [0.4, 0.5) is 42.4 Å². The summed E-state index contributed by atoms with van der Waals surface area (Å²) in [6.07, 6.45) is 1.59. The Kier molecular flexibility index (Phi) is 9.10. The second kappa shape index (κ2) is 12.9. The fourth-order valence-corrected chi connectivity index (χ4v) is 5.15. The van der Waals surface area contributed by atoms with Gasteiger partial charge in [0, 0.05) is 37.4 Å². The number of rotatable bonds is 8. The van der Waals surface area contributed by atoms with Crippen molar-refractivity contribution in [2.45, 2.75) is 51.1 Å². The smallest absolute Gasteiger partial charge is 0.341 e. The van der Waals surface area contributed by atoms with Gasteiger partial charge in [0.05, 0.1) is 22.7 Å². The lowest BCUT2D eigenvalue weighted by molar-refractivity contribution is -0.137. The zero-order valence-electron chi connectivity index (χ0n) is 22.9. The molecule has 0 atom stereocenters. The van der Waals surface area contributed by atoms with Crippen LogP contribution in [0.2, 0.25) is 5.02 Å². The molecule has 1 aromatic heterocycles. The number of benzene rings is 2. The fraction of sp³-hybridized carbons (Fsp3) is 0.414. The number of hydrogen-bond donors (Lipinski definition) is 2. The number of halogens is 4. The minimum absolute atomic E-state index is 0.0653. The van der Waals surface area contributed by atoms with E-state index in [-0.39, 0.29) is 16.3 Å². The van der Waals surface area contributed by atoms with Crippen LogP contribution >= 0.6 is 11.6 Å². The minimum Gasteiger partial charge on any atom is -0.341 e. The molecule has 3 heterocycles. The predicted octanol–water partition coefficient (Wildman–Crippen LogP) is 6.48. The Morgan fingerprint density at radius 1 is 0.810 bits per heavy atom. The van der Waals surface area contributed by atoms with Crippen molar-refractivity contribution in [1.29, 1.82) is 0 Å². The number of hydrogen-bond acceptors (Lipinski definition) is 8. The van der Waals surface area contributed by atoms with E-state index in [1.54, 1.807) is 24.3 Å². The summed E-state index contributed by atoms with van der Waals surface area (Å²) in [4.78, 5) is 43.7. The third kappa shape index (κ3) is 7.47. The maximum absolute atomic E-state index is 13.0. The molecule has 9 nitrogen and oxygen atoms in total. The van der Waals surface area contributed by atoms with E-state index >= 15 is 0 Å². The lowest BCUT2D eigenvalue weighted by Gasteiger charge is -2.30. The highest BCUT2D eigenvalue weighted by Gasteiger charge is 2.31. The lowest BCUT2D eigenvalue weighted by atomic mass is 10.1. The highest BCUT2D eigenvalue weighted by atomic mass is 35.5. The second-order valence-electron chi connectivity index (χ2n) is 10.4. The van der Waals surface area contributed by atoms with Gasteiger partial charge in [0.25, 0.3) is 0 Å². The van der Waals surface area contributed by atoms with Gasteiger partial charge in [0.1, 0.15) is 0 Å². The van der Waals surface area contributed by atoms with Crippen LogP contribution in [0.25, 0.3) is 0 Å². The Balaban J connectivity index is 1.25. The summed E-state index contributed by atoms with van der Waals surface area (Å²) >= 11 is 5.94. The van der Waals surface area contributed by atoms with E-state index in [4.69, 9.17) is 16.6 Å². The zero-order chi connectivity index (χ0) is 29.7. The molecule has 0 radical (unpaired) electrons. The molecule has 5 rings (SSSR count). The van der Waals surface area contributed by atoms with E-state index in [9.17, 15) is 22.8 Å². The molecule has 3 aromatic rings. The maximum Gasteiger partial charge on any atom is 0.416 e. The first-order valence-electron chi connectivity index (χ1n) is 14.0. The van der Waals surface area contributed by atoms with Crippen LogP contribution in [0, 0.1) is 0 Å². The maximum atomic E-state index is 13.0. The zero-order valence-corrected chi connectivity index (χ0v) is 23.6. The first-order valence-corrected chi connectivity index (χ1v) is 14.4. The number of piperidine rings is 2. The molecular formula is C29H31ClF3N7O2. The van der Waals surface area contributed by atoms with Crippen LogP contribution in [0.5, 0.6) is 0 Å². The molecule has 0 saturated carbocycles. The summed E-state index contributed by atoms with van der Waals surface area (Å²) in [7, 11) is 0. The van der Waals surface area contributed by atoms with Gasteiger partial charge < -0.3 is 20.4 Å². The monoisotopic (exact) mass is 601 g/mol. The molecule has 13 heteroatoms. The minimum atomic E-state index is -4.60. The Morgan fingerprint density at radius 3 is 1.93 bits per heavy atom. The Morgan fingerprint density at radius 2 is 1.38 bits per heavy atom. The molecular weight excluding hydrogens is 571 g/mol. The summed E-state index contributed by atoms with van der Waals surface area (Å²) in [5.41, 5.74) is -0.258. The quantitative estimate of drug-likeness (QED) is 0.223. The molecule has 0 unspecified atom stereocenters. The first kappa shape index (κ1) is 29.6. The number of aromatic nitrogens is 3. The van der Waals surface area contributed by atoms with E-state index in [1.165, 1.54) is 12.8 Å². The van der Waals surface area contributed by atoms with E-state index < -0.39 is 29.9 Å². The number of nitrogens with zero attached hydrogens (tertiary/aromatic N) is 5. The van der Waals surface area contributed by atoms with E-state index in [1.807, 2.05) is 0 Å². The first-order chi connectivity index (χ1) is 20.2. The molecule has 2 N–H and O–H groups in total. The average Bonchev–Trinajstić information content (AvgIpc) is 2.99. The molecule has 2 aromatic carbocycles. The van der Waals surface area contributed by atoms with E-state index in [2.05, 4.69) is 30.4 Å². The summed E-state index contributed by atoms with van der Waals surface area (Å²) in [6, 6.07) is 9.09. The van der Waals surface area contributed by atoms with Crippen LogP contribution in [0.3, 0.4) is 0 Å². The van der Waals surface area contributed by atoms with Crippen molar-refractivity contribution in [3.63, 3.8) is 0 Å². The van der Waals surface area contributed by atoms with Crippen molar-refractivity contribution < 1.29 is 22.8 Å². The van der Waals surface area contributed by atoms with Crippen molar-refractivity contribution in [2.24, 2.45) is 0 Å². The van der Waals surface area contributed by atoms with Crippen LogP contribution < -0.4 is 20.4 Å². The molecule has 2 saturated heterocycles. The SMILES string of the molecule is O=C(CC(=O)c1ccc(Nc2nc(N3CCCCC3)nc(N3CCCCC3)n2)cc1)Nc1cc(C(F)(F)F)ccc1Cl. The number of anilines is 5. The number of alkyl halides is 3. The molecule has 0 bridgehead atoms. The third-order valence-corrected chi connectivity index (χ3v) is 7.57. The number of carbonyl (C=O) groups is 2. The van der Waals surface area contributed by atoms with Gasteiger partial charge >= 0.3 is 6.18 Å². The molecule has 2 aliphatic rings. The van der Waals surface area contributed by atoms with Crippen molar-refractivity contribution in [3.05, 3.63) is 58.6 Å². The summed E-state index contributed by atoms with van der Waals surface area (Å²) in [5, 5.41) is 5.45. The Labute approximate surface area is 246 Å². The predicted molar refractivity (Wildman–Crippen MR) is 156 cm³/mol. The average molecular weight is 602 g/mol. The summed E-state index contributed by atoms with van der Waals surface area (Å²) in [6.45, 7) is 3.58. The largest absolute Gasteiger partial charge is 0.416 e. The molecule has 222 valence electrons. The van der Waals surface area contributed by atoms with Gasteiger partial charge in [-0.25, -0.2) is 0 Å². The van der Waals surface area contributed by atoms with Crippen molar-refractivity contribution in [1.82, 2.24) is 15.0 Å². The van der Waals surface area contributed by atoms with Gasteiger partial charge in [-0.15, -0.1) is 0 Å². The Bertz CT molecular complexity index is 1390. The number of amides is 1. The molecule has 0 spiro atoms. The standard InChI is InChI=1S/C29H31ClF3N7O2/c30-22-12-9-20(29(31,32)33)17-23(22)35-25(42)18-24(41)19-7-10-21(11-8-19)34-26-36-27(39-13-3-1-4-14-39)38-28(37-26)40-15-5-2-6-16-40/h7-12,17H,1-6,13-16,18H2,(H,35,42)(H,34,36,37,38). The van der Waals surface area contributed by atoms with Crippen molar-refractivity contribution in [3.8, 4) is 0 Å². The Hall–Kier alpha value is -3.93. The van der Waals surface area contributed by atoms with Crippen molar-refractivity contribution >= 4 is 52.5 Å². The molecule has 42 heavy (non-hydrogen) atoms. The van der Waals surface area contributed by atoms with Gasteiger partial charge in [-0.2, -0.15) is 28.1 Å². The molecule has 1 amide bonds. The number of Topliss-reactive ketones (excluding diaryl/α,β-unsaturated/α-hetero) is 1. The van der Waals surface area contributed by atoms with E-state index in [0.717, 1.165) is 70.1 Å². The topological polar surface area (TPSA) is 103 Å². The highest BCUT2D eigenvalue weighted by molar-refractivity contribution is 6.33. The van der Waals surface area contributed by atoms with Crippen LogP contribution in [-0.2, 0) is 11.0 Å². The number of carbonyl (C=O) groups excluding carboxylic acids is 2. The molecule has 2 aliphatic heterocycles. The normalized spacial score (nSPS) is 15.8. The van der Waals surface area contributed by atoms with Crippen LogP contribution in [0.15, 0.2) is 42.5 Å². The van der Waals surface area contributed by atoms with Crippen molar-refractivity contribution in [2.75, 3.05) is 46.6 Å². The highest BCUT2D eigenvalue weighted by Crippen LogP contribution is 2.34. The van der Waals surface area contributed by atoms with Gasteiger partial charge in [0.2, 0.25) is 23.8 Å². The van der Waals surface area contributed by atoms with Gasteiger partial charge in [-0.1, -0.05) is 11.6 Å². The molecule has 0 aliphatic carbocycles. The van der Waals surface area contributed by atoms with Gasteiger partial charge in [0.15, 0.2) is 5.78 Å². The van der Waals surface area contributed by atoms with Gasteiger partial charge in [-0.3, -0.25) is 9.59 Å². The fourth-order valence-electron chi connectivity index (χ4n) is 4.99. The molecule has 2 fully saturated rings. The second-order valence-corrected chi connectivity index (χ2v) is 10.8. The third-order valence-electron chi connectivity index (χ3n) is 7.24. The van der Waals surface area contributed by atoms with Crippen LogP contribution in [0.1, 0.15) is 60.9 Å². The van der Waals surface area contributed by atoms with Gasteiger partial charge in [-0.05, 0) is 81.0 Å². The number of nitrogens with one attached hydrogen (secondary N) is 2. The van der Waals surface area contributed by atoms with E-state index in [0.29, 0.717) is 23.5 Å². The summed E-state index contributed by atoms with van der Waals surface area (Å²) < 4.78 is 39.1. The lowest BCUT2D eigenvalue weighted by Crippen LogP contribution is -2.34. The summed E-state index contributed by atoms with van der Waals surface area (Å²) in [5.74, 6) is 0.423. The number of ketones is 1. The van der Waals surface area contributed by atoms with Crippen LogP contribution in [-0.4, -0.2) is 52.8 Å².